The zero-order valence-electron chi connectivity index (χ0n) is 25.4. The van der Waals surface area contributed by atoms with Crippen LogP contribution in [0.2, 0.25) is 0 Å². The quantitative estimate of drug-likeness (QED) is 0.180. The normalized spacial score (nSPS) is 15.5. The highest BCUT2D eigenvalue weighted by molar-refractivity contribution is 5.98. The van der Waals surface area contributed by atoms with E-state index in [2.05, 4.69) is 36.2 Å². The second-order valence-corrected chi connectivity index (χ2v) is 11.1. The molecular weight excluding hydrogens is 600 g/mol. The lowest BCUT2D eigenvalue weighted by molar-refractivity contribution is -0.125. The van der Waals surface area contributed by atoms with Gasteiger partial charge in [0.25, 0.3) is 17.7 Å². The van der Waals surface area contributed by atoms with Crippen LogP contribution < -0.4 is 10.6 Å². The van der Waals surface area contributed by atoms with Crippen molar-refractivity contribution in [1.82, 2.24) is 35.8 Å². The van der Waals surface area contributed by atoms with Gasteiger partial charge in [-0.1, -0.05) is 72.8 Å². The fourth-order valence-electron chi connectivity index (χ4n) is 5.41. The van der Waals surface area contributed by atoms with Crippen molar-refractivity contribution < 1.29 is 24.2 Å². The van der Waals surface area contributed by atoms with E-state index < -0.39 is 24.0 Å². The number of aliphatic hydroxyl groups is 1. The van der Waals surface area contributed by atoms with Crippen molar-refractivity contribution in [1.29, 1.82) is 0 Å². The van der Waals surface area contributed by atoms with Gasteiger partial charge in [0.1, 0.15) is 18.1 Å². The van der Waals surface area contributed by atoms with E-state index in [1.165, 1.54) is 0 Å². The number of rotatable bonds is 10. The molecule has 2 aromatic heterocycles. The molecule has 0 aliphatic carbocycles. The van der Waals surface area contributed by atoms with Crippen molar-refractivity contribution in [2.75, 3.05) is 18.7 Å². The summed E-state index contributed by atoms with van der Waals surface area (Å²) in [5.41, 5.74) is 3.42. The molecule has 13 nitrogen and oxygen atoms in total. The number of benzene rings is 3. The van der Waals surface area contributed by atoms with E-state index in [1.54, 1.807) is 48.2 Å². The number of anilines is 1. The van der Waals surface area contributed by atoms with E-state index in [0.29, 0.717) is 29.2 Å². The van der Waals surface area contributed by atoms with E-state index in [4.69, 9.17) is 4.74 Å². The van der Waals surface area contributed by atoms with Gasteiger partial charge in [-0.05, 0) is 59.5 Å². The van der Waals surface area contributed by atoms with E-state index >= 15 is 0 Å². The molecule has 3 heterocycles. The summed E-state index contributed by atoms with van der Waals surface area (Å²) in [6, 6.07) is 27.3. The summed E-state index contributed by atoms with van der Waals surface area (Å²) < 4.78 is 5.62. The Balaban J connectivity index is 1.21. The Bertz CT molecular complexity index is 1850. The van der Waals surface area contributed by atoms with Crippen LogP contribution in [0.4, 0.5) is 5.69 Å². The molecule has 5 aromatic rings. The van der Waals surface area contributed by atoms with Gasteiger partial charge in [0.2, 0.25) is 5.82 Å². The number of tetrazole rings is 1. The minimum atomic E-state index is -1.65. The molecule has 4 N–H and O–H groups in total. The number of aromatic amines is 1. The van der Waals surface area contributed by atoms with Crippen LogP contribution in [0.1, 0.15) is 43.7 Å². The van der Waals surface area contributed by atoms with E-state index in [-0.39, 0.29) is 36.5 Å². The minimum absolute atomic E-state index is 0.0248. The van der Waals surface area contributed by atoms with E-state index in [1.807, 2.05) is 60.7 Å². The average Bonchev–Trinajstić information content (AvgIpc) is 3.82. The van der Waals surface area contributed by atoms with Crippen LogP contribution >= 0.6 is 0 Å². The molecule has 1 aliphatic rings. The van der Waals surface area contributed by atoms with Gasteiger partial charge in [0.05, 0.1) is 18.7 Å². The summed E-state index contributed by atoms with van der Waals surface area (Å²) in [5, 5.41) is 30.6. The number of aryl methyl sites for hydroxylation is 1. The largest absolute Gasteiger partial charge is 0.381 e. The van der Waals surface area contributed by atoms with Crippen LogP contribution in [0.3, 0.4) is 0 Å². The molecule has 1 aliphatic heterocycles. The third-order valence-electron chi connectivity index (χ3n) is 7.75. The number of amides is 3. The first-order valence-corrected chi connectivity index (χ1v) is 15.0. The van der Waals surface area contributed by atoms with Gasteiger partial charge in [-0.15, -0.1) is 10.2 Å². The number of carbonyl (C=O) groups is 3. The van der Waals surface area contributed by atoms with Crippen LogP contribution in [0.5, 0.6) is 0 Å². The molecule has 13 heteroatoms. The van der Waals surface area contributed by atoms with Gasteiger partial charge < -0.3 is 25.4 Å². The zero-order valence-corrected chi connectivity index (χ0v) is 25.4. The number of nitrogens with zero attached hydrogens (tertiary/aromatic N) is 5. The standard InChI is InChI=1S/C34H32N8O5/c1-21-15-27(36-28(16-21)34(46)42-20-47-19-29(42)23-11-6-3-7-12-23)32(44)37-26(17-22-9-4-2-5-10-22)30(43)33(45)35-25-14-8-13-24(18-25)31-38-40-41-39-31/h2-16,18,26,29-30,43H,17,19-20H2,1H3,(H,35,45)(H,37,44)(H,38,39,40,41)/t26-,29+,30-/m0/s1. The van der Waals surface area contributed by atoms with Crippen molar-refractivity contribution in [3.63, 3.8) is 0 Å². The Labute approximate surface area is 270 Å². The van der Waals surface area contributed by atoms with Crippen molar-refractivity contribution in [3.8, 4) is 11.4 Å². The Morgan fingerprint density at radius 3 is 2.47 bits per heavy atom. The monoisotopic (exact) mass is 632 g/mol. The van der Waals surface area contributed by atoms with Crippen LogP contribution in [-0.4, -0.2) is 78.8 Å². The number of H-pyrrole nitrogens is 1. The highest BCUT2D eigenvalue weighted by atomic mass is 16.5. The van der Waals surface area contributed by atoms with Crippen molar-refractivity contribution in [2.24, 2.45) is 0 Å². The average molecular weight is 633 g/mol. The third-order valence-corrected chi connectivity index (χ3v) is 7.75. The summed E-state index contributed by atoms with van der Waals surface area (Å²) in [7, 11) is 0. The van der Waals surface area contributed by atoms with Crippen LogP contribution in [-0.2, 0) is 16.0 Å². The molecule has 0 unspecified atom stereocenters. The minimum Gasteiger partial charge on any atom is -0.381 e. The molecule has 0 spiro atoms. The first-order chi connectivity index (χ1) is 22.9. The molecule has 1 fully saturated rings. The smallest absolute Gasteiger partial charge is 0.274 e. The first kappa shape index (κ1) is 31.2. The molecule has 0 radical (unpaired) electrons. The molecule has 0 bridgehead atoms. The second kappa shape index (κ2) is 14.1. The summed E-state index contributed by atoms with van der Waals surface area (Å²) in [6.07, 6.45) is -1.50. The number of hydrogen-bond acceptors (Lipinski definition) is 9. The first-order valence-electron chi connectivity index (χ1n) is 15.0. The third kappa shape index (κ3) is 7.38. The number of aliphatic hydroxyl groups excluding tert-OH is 1. The highest BCUT2D eigenvalue weighted by Gasteiger charge is 2.33. The Kier molecular flexibility index (Phi) is 9.36. The lowest BCUT2D eigenvalue weighted by Crippen LogP contribution is -2.50. The van der Waals surface area contributed by atoms with E-state index in [9.17, 15) is 19.5 Å². The highest BCUT2D eigenvalue weighted by Crippen LogP contribution is 2.28. The molecule has 3 aromatic carbocycles. The van der Waals surface area contributed by atoms with Gasteiger partial charge in [-0.3, -0.25) is 14.4 Å². The summed E-state index contributed by atoms with van der Waals surface area (Å²) in [4.78, 5) is 46.6. The lowest BCUT2D eigenvalue weighted by atomic mass is 10.00. The topological polar surface area (TPSA) is 175 Å². The summed E-state index contributed by atoms with van der Waals surface area (Å²) >= 11 is 0. The number of nitrogens with one attached hydrogen (secondary N) is 3. The predicted molar refractivity (Wildman–Crippen MR) is 171 cm³/mol. The fraction of sp³-hybridized carbons (Fsp3) is 0.206. The number of carbonyl (C=O) groups excluding carboxylic acids is 3. The van der Waals surface area contributed by atoms with Crippen LogP contribution in [0.15, 0.2) is 97.1 Å². The molecule has 238 valence electrons. The number of pyridine rings is 1. The predicted octanol–water partition coefficient (Wildman–Crippen LogP) is 3.08. The van der Waals surface area contributed by atoms with E-state index in [0.717, 1.165) is 11.1 Å². The van der Waals surface area contributed by atoms with Gasteiger partial charge in [-0.25, -0.2) is 4.98 Å². The maximum atomic E-state index is 13.7. The van der Waals surface area contributed by atoms with Gasteiger partial charge >= 0.3 is 0 Å². The van der Waals surface area contributed by atoms with Gasteiger partial charge in [0.15, 0.2) is 6.10 Å². The maximum Gasteiger partial charge on any atom is 0.274 e. The molecular formula is C34H32N8O5. The molecule has 6 rings (SSSR count). The number of ether oxygens (including phenoxy) is 1. The molecule has 0 saturated carbocycles. The van der Waals surface area contributed by atoms with Crippen molar-refractivity contribution in [3.05, 3.63) is 125 Å². The maximum absolute atomic E-state index is 13.7. The lowest BCUT2D eigenvalue weighted by Gasteiger charge is -2.24. The van der Waals surface area contributed by atoms with Crippen LogP contribution in [0, 0.1) is 6.92 Å². The zero-order chi connectivity index (χ0) is 32.8. The molecule has 47 heavy (non-hydrogen) atoms. The van der Waals surface area contributed by atoms with Gasteiger partial charge in [-0.2, -0.15) is 5.21 Å². The Hall–Kier alpha value is -5.79. The van der Waals surface area contributed by atoms with Gasteiger partial charge in [0, 0.05) is 11.3 Å². The SMILES string of the molecule is Cc1cc(C(=O)N[C@@H](Cc2ccccc2)[C@H](O)C(=O)Nc2cccc(-c3nn[nH]n3)c2)nc(C(=O)N2COC[C@@H]2c2ccccc2)c1. The second-order valence-electron chi connectivity index (χ2n) is 11.1. The summed E-state index contributed by atoms with van der Waals surface area (Å²) in [6.45, 7) is 2.20. The fourth-order valence-corrected chi connectivity index (χ4v) is 5.41. The van der Waals surface area contributed by atoms with Crippen molar-refractivity contribution in [2.45, 2.75) is 31.5 Å². The van der Waals surface area contributed by atoms with Crippen LogP contribution in [0.25, 0.3) is 11.4 Å². The van der Waals surface area contributed by atoms with Crippen molar-refractivity contribution >= 4 is 23.4 Å². The summed E-state index contributed by atoms with van der Waals surface area (Å²) in [5.74, 6) is -1.41. The molecule has 3 amide bonds. The Morgan fingerprint density at radius 1 is 0.979 bits per heavy atom. The number of hydrogen-bond donors (Lipinski definition) is 4. The molecule has 1 saturated heterocycles. The molecule has 3 atom stereocenters. The number of aromatic nitrogens is 5. The Morgan fingerprint density at radius 2 is 1.72 bits per heavy atom.